The average Bonchev–Trinajstić information content (AvgIpc) is 3.00. The van der Waals surface area contributed by atoms with Crippen molar-refractivity contribution < 1.29 is 14.3 Å². The quantitative estimate of drug-likeness (QED) is 0.895. The van der Waals surface area contributed by atoms with E-state index in [1.165, 1.54) is 4.90 Å². The van der Waals surface area contributed by atoms with Crippen molar-refractivity contribution in [3.05, 3.63) is 58.1 Å². The maximum atomic E-state index is 12.6. The maximum Gasteiger partial charge on any atom is 0.264 e. The lowest BCUT2D eigenvalue weighted by molar-refractivity contribution is -0.139. The Hall–Kier alpha value is -2.53. The highest BCUT2D eigenvalue weighted by Crippen LogP contribution is 2.31. The van der Waals surface area contributed by atoms with E-state index in [0.29, 0.717) is 17.2 Å². The summed E-state index contributed by atoms with van der Waals surface area (Å²) in [4.78, 5) is 26.3. The molecular weight excluding hydrogens is 352 g/mol. The van der Waals surface area contributed by atoms with Gasteiger partial charge in [0.05, 0.1) is 6.54 Å². The maximum absolute atomic E-state index is 12.6. The number of amides is 2. The Morgan fingerprint density at radius 2 is 1.92 bits per heavy atom. The fourth-order valence-electron chi connectivity index (χ4n) is 3.08. The molecule has 1 aliphatic heterocycles. The Morgan fingerprint density at radius 3 is 2.62 bits per heavy atom. The first-order valence-electron chi connectivity index (χ1n) is 8.41. The molecule has 0 unspecified atom stereocenters. The minimum absolute atomic E-state index is 0.0381. The van der Waals surface area contributed by atoms with Gasteiger partial charge in [-0.2, -0.15) is 0 Å². The van der Waals surface area contributed by atoms with Crippen LogP contribution in [0, 0.1) is 13.8 Å². The van der Waals surface area contributed by atoms with Crippen molar-refractivity contribution in [3.63, 3.8) is 0 Å². The van der Waals surface area contributed by atoms with Crippen molar-refractivity contribution in [2.24, 2.45) is 0 Å². The standard InChI is InChI=1S/C20H21ClN2O3/c1-12-5-4-6-13(2)19(12)22-18(24)11-23(3)20(25)17-10-14-9-15(21)7-8-16(14)26-17/h4-9,17H,10-11H2,1-3H3,(H,22,24)/t17-/m0/s1. The molecule has 0 aliphatic carbocycles. The Balaban J connectivity index is 1.60. The fraction of sp³-hybridized carbons (Fsp3) is 0.300. The minimum atomic E-state index is -0.624. The number of hydrogen-bond donors (Lipinski definition) is 1. The third-order valence-corrected chi connectivity index (χ3v) is 4.71. The number of benzene rings is 2. The predicted octanol–water partition coefficient (Wildman–Crippen LogP) is 3.36. The van der Waals surface area contributed by atoms with E-state index in [4.69, 9.17) is 16.3 Å². The first-order chi connectivity index (χ1) is 12.3. The highest BCUT2D eigenvalue weighted by atomic mass is 35.5. The molecule has 0 fully saturated rings. The minimum Gasteiger partial charge on any atom is -0.480 e. The summed E-state index contributed by atoms with van der Waals surface area (Å²) in [6, 6.07) is 11.1. The van der Waals surface area contributed by atoms with E-state index in [1.54, 1.807) is 25.2 Å². The molecule has 2 amide bonds. The van der Waals surface area contributed by atoms with Crippen molar-refractivity contribution >= 4 is 29.1 Å². The van der Waals surface area contributed by atoms with Crippen LogP contribution in [-0.2, 0) is 16.0 Å². The van der Waals surface area contributed by atoms with Gasteiger partial charge in [-0.1, -0.05) is 29.8 Å². The number of nitrogens with one attached hydrogen (secondary N) is 1. The van der Waals surface area contributed by atoms with Gasteiger partial charge in [-0.25, -0.2) is 0 Å². The number of ether oxygens (including phenoxy) is 1. The van der Waals surface area contributed by atoms with Crippen LogP contribution in [0.3, 0.4) is 0 Å². The van der Waals surface area contributed by atoms with E-state index in [2.05, 4.69) is 5.32 Å². The van der Waals surface area contributed by atoms with E-state index in [-0.39, 0.29) is 18.4 Å². The lowest BCUT2D eigenvalue weighted by atomic mass is 10.1. The number of hydrogen-bond acceptors (Lipinski definition) is 3. The second-order valence-corrected chi connectivity index (χ2v) is 7.01. The van der Waals surface area contributed by atoms with Crippen molar-refractivity contribution in [2.75, 3.05) is 18.9 Å². The highest BCUT2D eigenvalue weighted by Gasteiger charge is 2.32. The third kappa shape index (κ3) is 3.83. The second-order valence-electron chi connectivity index (χ2n) is 6.57. The Morgan fingerprint density at radius 1 is 1.23 bits per heavy atom. The zero-order valence-electron chi connectivity index (χ0n) is 15.0. The fourth-order valence-corrected chi connectivity index (χ4v) is 3.28. The SMILES string of the molecule is Cc1cccc(C)c1NC(=O)CN(C)C(=O)[C@@H]1Cc2cc(Cl)ccc2O1. The second kappa shape index (κ2) is 7.38. The Kier molecular flexibility index (Phi) is 5.18. The first-order valence-corrected chi connectivity index (χ1v) is 8.79. The number of carbonyl (C=O) groups excluding carboxylic acids is 2. The van der Waals surface area contributed by atoms with Gasteiger partial charge in [0.15, 0.2) is 6.10 Å². The van der Waals surface area contributed by atoms with Gasteiger partial charge in [-0.05, 0) is 48.7 Å². The molecule has 5 nitrogen and oxygen atoms in total. The molecule has 1 aliphatic rings. The lowest BCUT2D eigenvalue weighted by Gasteiger charge is -2.21. The van der Waals surface area contributed by atoms with Gasteiger partial charge in [0.25, 0.3) is 5.91 Å². The van der Waals surface area contributed by atoms with E-state index in [1.807, 2.05) is 32.0 Å². The molecule has 136 valence electrons. The summed E-state index contributed by atoms with van der Waals surface area (Å²) in [5, 5.41) is 3.50. The van der Waals surface area contributed by atoms with Crippen LogP contribution in [0.5, 0.6) is 5.75 Å². The number of aryl methyl sites for hydroxylation is 2. The van der Waals surface area contributed by atoms with Crippen LogP contribution in [0.4, 0.5) is 5.69 Å². The van der Waals surface area contributed by atoms with Crippen molar-refractivity contribution in [1.82, 2.24) is 4.90 Å². The first kappa shape index (κ1) is 18.3. The number of nitrogens with zero attached hydrogens (tertiary/aromatic N) is 1. The van der Waals surface area contributed by atoms with Crippen LogP contribution in [0.25, 0.3) is 0 Å². The number of likely N-dealkylation sites (N-methyl/N-ethyl adjacent to an activating group) is 1. The largest absolute Gasteiger partial charge is 0.480 e. The Labute approximate surface area is 157 Å². The third-order valence-electron chi connectivity index (χ3n) is 4.48. The van der Waals surface area contributed by atoms with Crippen LogP contribution < -0.4 is 10.1 Å². The van der Waals surface area contributed by atoms with Crippen LogP contribution >= 0.6 is 11.6 Å². The summed E-state index contributed by atoms with van der Waals surface area (Å²) in [6.45, 7) is 3.84. The van der Waals surface area contributed by atoms with Gasteiger partial charge in [-0.3, -0.25) is 9.59 Å². The van der Waals surface area contributed by atoms with E-state index < -0.39 is 6.10 Å². The molecule has 1 N–H and O–H groups in total. The molecular formula is C20H21ClN2O3. The molecule has 26 heavy (non-hydrogen) atoms. The topological polar surface area (TPSA) is 58.6 Å². The lowest BCUT2D eigenvalue weighted by Crippen LogP contribution is -2.42. The van der Waals surface area contributed by atoms with Gasteiger partial charge in [-0.15, -0.1) is 0 Å². The molecule has 0 bridgehead atoms. The highest BCUT2D eigenvalue weighted by molar-refractivity contribution is 6.30. The van der Waals surface area contributed by atoms with Gasteiger partial charge in [0.2, 0.25) is 5.91 Å². The summed E-state index contributed by atoms with van der Waals surface area (Å²) in [5.74, 6) is 0.201. The van der Waals surface area contributed by atoms with Crippen molar-refractivity contribution in [2.45, 2.75) is 26.4 Å². The van der Waals surface area contributed by atoms with E-state index in [9.17, 15) is 9.59 Å². The van der Waals surface area contributed by atoms with Crippen molar-refractivity contribution in [1.29, 1.82) is 0 Å². The molecule has 1 heterocycles. The number of para-hydroxylation sites is 1. The molecule has 0 spiro atoms. The molecule has 3 rings (SSSR count). The van der Waals surface area contributed by atoms with Gasteiger partial charge in [0.1, 0.15) is 5.75 Å². The van der Waals surface area contributed by atoms with Gasteiger partial charge in [0, 0.05) is 24.2 Å². The molecule has 0 aromatic heterocycles. The molecule has 0 radical (unpaired) electrons. The van der Waals surface area contributed by atoms with Crippen LogP contribution in [0.2, 0.25) is 5.02 Å². The number of carbonyl (C=O) groups is 2. The summed E-state index contributed by atoms with van der Waals surface area (Å²) in [5.41, 5.74) is 3.67. The van der Waals surface area contributed by atoms with Gasteiger partial charge >= 0.3 is 0 Å². The number of anilines is 1. The molecule has 0 saturated heterocycles. The molecule has 0 saturated carbocycles. The molecule has 2 aromatic rings. The van der Waals surface area contributed by atoms with E-state index in [0.717, 1.165) is 22.4 Å². The van der Waals surface area contributed by atoms with Crippen LogP contribution in [0.15, 0.2) is 36.4 Å². The summed E-state index contributed by atoms with van der Waals surface area (Å²) >= 11 is 5.98. The van der Waals surface area contributed by atoms with E-state index >= 15 is 0 Å². The summed E-state index contributed by atoms with van der Waals surface area (Å²) in [7, 11) is 1.60. The number of rotatable bonds is 4. The summed E-state index contributed by atoms with van der Waals surface area (Å²) < 4.78 is 5.70. The molecule has 1 atom stereocenters. The molecule has 2 aromatic carbocycles. The monoisotopic (exact) mass is 372 g/mol. The van der Waals surface area contributed by atoms with Crippen LogP contribution in [0.1, 0.15) is 16.7 Å². The van der Waals surface area contributed by atoms with Gasteiger partial charge < -0.3 is 15.0 Å². The zero-order chi connectivity index (χ0) is 18.8. The number of halogens is 1. The van der Waals surface area contributed by atoms with Crippen molar-refractivity contribution in [3.8, 4) is 5.75 Å². The Bertz CT molecular complexity index is 846. The van der Waals surface area contributed by atoms with Crippen LogP contribution in [-0.4, -0.2) is 36.4 Å². The molecule has 6 heteroatoms. The summed E-state index contributed by atoms with van der Waals surface area (Å²) in [6.07, 6.45) is -0.168. The zero-order valence-corrected chi connectivity index (χ0v) is 15.8. The smallest absolute Gasteiger partial charge is 0.264 e. The predicted molar refractivity (Wildman–Crippen MR) is 102 cm³/mol. The number of fused-ring (bicyclic) bond motifs is 1. The average molecular weight is 373 g/mol. The normalized spacial score (nSPS) is 15.2.